The van der Waals surface area contributed by atoms with E-state index in [4.69, 9.17) is 0 Å². The summed E-state index contributed by atoms with van der Waals surface area (Å²) in [6, 6.07) is 92.7. The van der Waals surface area contributed by atoms with E-state index in [9.17, 15) is 0 Å². The number of aromatic nitrogens is 1. The molecular formula is C60H41NSi. The lowest BCUT2D eigenvalue weighted by molar-refractivity contribution is 1.18. The maximum atomic E-state index is 2.52. The molecule has 62 heavy (non-hydrogen) atoms. The third kappa shape index (κ3) is 5.61. The zero-order valence-corrected chi connectivity index (χ0v) is 35.1. The van der Waals surface area contributed by atoms with Crippen LogP contribution >= 0.6 is 0 Å². The van der Waals surface area contributed by atoms with Crippen molar-refractivity contribution in [3.8, 4) is 27.9 Å². The summed E-state index contributed by atoms with van der Waals surface area (Å²) in [6.45, 7) is 0. The second-order valence-corrected chi connectivity index (χ2v) is 20.2. The number of benzene rings is 11. The Morgan fingerprint density at radius 2 is 0.661 bits per heavy atom. The Morgan fingerprint density at radius 3 is 1.26 bits per heavy atom. The van der Waals surface area contributed by atoms with Crippen LogP contribution in [0.15, 0.2) is 249 Å². The molecule has 12 rings (SSSR count). The summed E-state index contributed by atoms with van der Waals surface area (Å²) in [5, 5.41) is 15.7. The molecule has 0 bridgehead atoms. The number of rotatable bonds is 7. The van der Waals surface area contributed by atoms with Crippen molar-refractivity contribution in [2.24, 2.45) is 0 Å². The highest BCUT2D eigenvalue weighted by Gasteiger charge is 2.42. The fraction of sp³-hybridized carbons (Fsp3) is 0. The van der Waals surface area contributed by atoms with Crippen molar-refractivity contribution in [2.75, 3.05) is 0 Å². The van der Waals surface area contributed by atoms with E-state index >= 15 is 0 Å². The molecule has 0 saturated carbocycles. The fourth-order valence-corrected chi connectivity index (χ4v) is 15.3. The van der Waals surface area contributed by atoms with Gasteiger partial charge >= 0.3 is 0 Å². The first-order valence-electron chi connectivity index (χ1n) is 21.5. The summed E-state index contributed by atoms with van der Waals surface area (Å²) in [5.74, 6) is 0. The van der Waals surface area contributed by atoms with Crippen molar-refractivity contribution in [3.05, 3.63) is 249 Å². The van der Waals surface area contributed by atoms with Crippen LogP contribution in [0.3, 0.4) is 0 Å². The Bertz CT molecular complexity index is 3510. The normalized spacial score (nSPS) is 11.9. The van der Waals surface area contributed by atoms with Gasteiger partial charge in [0.15, 0.2) is 8.07 Å². The fourth-order valence-electron chi connectivity index (χ4n) is 10.4. The largest absolute Gasteiger partial charge is 0.309 e. The lowest BCUT2D eigenvalue weighted by Gasteiger charge is -2.35. The highest BCUT2D eigenvalue weighted by Crippen LogP contribution is 2.43. The van der Waals surface area contributed by atoms with Crippen LogP contribution in [0.1, 0.15) is 0 Å². The van der Waals surface area contributed by atoms with Gasteiger partial charge in [0, 0.05) is 21.8 Å². The van der Waals surface area contributed by atoms with E-state index in [-0.39, 0.29) is 0 Å². The van der Waals surface area contributed by atoms with Gasteiger partial charge in [-0.2, -0.15) is 0 Å². The van der Waals surface area contributed by atoms with Crippen LogP contribution in [-0.2, 0) is 0 Å². The van der Waals surface area contributed by atoms with Gasteiger partial charge < -0.3 is 4.57 Å². The molecule has 1 nitrogen and oxygen atoms in total. The molecule has 1 heterocycles. The topological polar surface area (TPSA) is 4.93 Å². The monoisotopic (exact) mass is 803 g/mol. The molecule has 290 valence electrons. The average molecular weight is 804 g/mol. The van der Waals surface area contributed by atoms with Crippen molar-refractivity contribution in [1.82, 2.24) is 4.57 Å². The van der Waals surface area contributed by atoms with Gasteiger partial charge in [0.2, 0.25) is 0 Å². The molecule has 0 aliphatic carbocycles. The van der Waals surface area contributed by atoms with Gasteiger partial charge in [-0.15, -0.1) is 0 Å². The molecule has 1 aromatic heterocycles. The SMILES string of the molecule is c1ccc(-c2cccc([Si](c3ccccc3)(c3cccc(-c4ccccc4)c3)c3cccc(-n4c5ccccc5c5c6c7ccccc7c7ccccc7c6ccc54)c3)c2)cc1. The van der Waals surface area contributed by atoms with Crippen LogP contribution in [-0.4, -0.2) is 12.6 Å². The highest BCUT2D eigenvalue weighted by atomic mass is 28.3. The van der Waals surface area contributed by atoms with Crippen molar-refractivity contribution in [1.29, 1.82) is 0 Å². The summed E-state index contributed by atoms with van der Waals surface area (Å²) in [6.07, 6.45) is 0. The maximum absolute atomic E-state index is 3.03. The van der Waals surface area contributed by atoms with Gasteiger partial charge in [-0.1, -0.05) is 224 Å². The minimum absolute atomic E-state index is 1.16. The van der Waals surface area contributed by atoms with E-state index < -0.39 is 8.07 Å². The second-order valence-electron chi connectivity index (χ2n) is 16.4. The zero-order valence-electron chi connectivity index (χ0n) is 34.1. The Labute approximate surface area is 362 Å². The van der Waals surface area contributed by atoms with Gasteiger partial charge in [-0.3, -0.25) is 0 Å². The van der Waals surface area contributed by atoms with E-state index in [2.05, 4.69) is 253 Å². The molecule has 2 heteroatoms. The predicted molar refractivity (Wildman–Crippen MR) is 268 cm³/mol. The van der Waals surface area contributed by atoms with Crippen LogP contribution in [0.25, 0.3) is 82.1 Å². The minimum atomic E-state index is -3.03. The smallest absolute Gasteiger partial charge is 0.179 e. The first-order chi connectivity index (χ1) is 30.8. The second kappa shape index (κ2) is 14.7. The number of para-hydroxylation sites is 1. The van der Waals surface area contributed by atoms with Crippen molar-refractivity contribution in [2.45, 2.75) is 0 Å². The molecule has 0 aliphatic heterocycles. The molecule has 0 aliphatic rings. The van der Waals surface area contributed by atoms with Crippen molar-refractivity contribution in [3.63, 3.8) is 0 Å². The summed E-state index contributed by atoms with van der Waals surface area (Å²) in [4.78, 5) is 0. The molecule has 0 spiro atoms. The Kier molecular flexibility index (Phi) is 8.58. The summed E-state index contributed by atoms with van der Waals surface area (Å²) in [7, 11) is -3.03. The maximum Gasteiger partial charge on any atom is 0.179 e. The lowest BCUT2D eigenvalue weighted by Crippen LogP contribution is -2.74. The molecule has 0 saturated heterocycles. The van der Waals surface area contributed by atoms with Crippen LogP contribution < -0.4 is 20.7 Å². The lowest BCUT2D eigenvalue weighted by atomic mass is 9.92. The Morgan fingerprint density at radius 1 is 0.242 bits per heavy atom. The number of nitrogens with zero attached hydrogens (tertiary/aromatic N) is 1. The summed E-state index contributed by atoms with van der Waals surface area (Å²) < 4.78 is 2.52. The van der Waals surface area contributed by atoms with E-state index in [1.807, 2.05) is 0 Å². The molecule has 11 aromatic carbocycles. The standard InChI is InChI=1S/C60H41NSi/c1-4-19-42(20-5-1)44-23-16-28-48(39-44)62(47-26-8-3-9-27-47,49-29-17-24-45(40-49)43-21-6-2-7-22-43)50-30-18-25-46(41-50)61-57-36-15-14-35-56(57)60-58(61)38-37-55-53-33-11-10-31-51(53)52-32-12-13-34-54(52)59(55)60/h1-41H. The third-order valence-corrected chi connectivity index (χ3v) is 17.8. The Balaban J connectivity index is 1.18. The molecule has 0 fully saturated rings. The van der Waals surface area contributed by atoms with Crippen LogP contribution in [0.2, 0.25) is 0 Å². The molecular weight excluding hydrogens is 763 g/mol. The van der Waals surface area contributed by atoms with Gasteiger partial charge in [0.1, 0.15) is 0 Å². The van der Waals surface area contributed by atoms with Crippen molar-refractivity contribution >= 4 is 82.9 Å². The quantitative estimate of drug-likeness (QED) is 0.0859. The van der Waals surface area contributed by atoms with E-state index in [0.29, 0.717) is 0 Å². The number of fused-ring (bicyclic) bond motifs is 10. The van der Waals surface area contributed by atoms with Gasteiger partial charge in [0.05, 0.1) is 11.0 Å². The van der Waals surface area contributed by atoms with Gasteiger partial charge in [-0.05, 0) is 94.2 Å². The molecule has 0 radical (unpaired) electrons. The third-order valence-electron chi connectivity index (χ3n) is 13.1. The average Bonchev–Trinajstić information content (AvgIpc) is 3.70. The van der Waals surface area contributed by atoms with Crippen LogP contribution in [0.5, 0.6) is 0 Å². The summed E-state index contributed by atoms with van der Waals surface area (Å²) >= 11 is 0. The molecule has 12 aromatic rings. The summed E-state index contributed by atoms with van der Waals surface area (Å²) in [5.41, 5.74) is 8.45. The van der Waals surface area contributed by atoms with E-state index in [1.165, 1.54) is 97.1 Å². The zero-order chi connectivity index (χ0) is 41.0. The number of hydrogen-bond donors (Lipinski definition) is 0. The van der Waals surface area contributed by atoms with Gasteiger partial charge in [-0.25, -0.2) is 0 Å². The van der Waals surface area contributed by atoms with E-state index in [1.54, 1.807) is 0 Å². The number of hydrogen-bond acceptors (Lipinski definition) is 0. The van der Waals surface area contributed by atoms with Crippen LogP contribution in [0, 0.1) is 0 Å². The molecule has 0 N–H and O–H groups in total. The van der Waals surface area contributed by atoms with Crippen LogP contribution in [0.4, 0.5) is 0 Å². The highest BCUT2D eigenvalue weighted by molar-refractivity contribution is 7.20. The molecule has 0 amide bonds. The minimum Gasteiger partial charge on any atom is -0.309 e. The predicted octanol–water partition coefficient (Wildman–Crippen LogP) is 13.0. The Hall–Kier alpha value is -7.78. The van der Waals surface area contributed by atoms with E-state index in [0.717, 1.165) is 5.69 Å². The van der Waals surface area contributed by atoms with Crippen molar-refractivity contribution < 1.29 is 0 Å². The first-order valence-corrected chi connectivity index (χ1v) is 23.5. The molecule has 0 unspecified atom stereocenters. The first kappa shape index (κ1) is 36.1. The van der Waals surface area contributed by atoms with Gasteiger partial charge in [0.25, 0.3) is 0 Å². The molecule has 0 atom stereocenters.